The number of amides is 1. The Morgan fingerprint density at radius 3 is 2.78 bits per heavy atom. The Balaban J connectivity index is 1.97. The summed E-state index contributed by atoms with van der Waals surface area (Å²) in [4.78, 5) is 16.5. The topological polar surface area (TPSA) is 42.4 Å². The van der Waals surface area contributed by atoms with Gasteiger partial charge < -0.3 is 9.64 Å². The highest BCUT2D eigenvalue weighted by molar-refractivity contribution is 6.29. The first-order chi connectivity index (χ1) is 8.47. The van der Waals surface area contributed by atoms with Crippen LogP contribution < -0.4 is 0 Å². The van der Waals surface area contributed by atoms with Crippen molar-refractivity contribution in [2.75, 3.05) is 13.1 Å². The van der Waals surface area contributed by atoms with Crippen LogP contribution in [0.25, 0.3) is 0 Å². The van der Waals surface area contributed by atoms with Gasteiger partial charge in [-0.15, -0.1) is 0 Å². The molecule has 0 N–H and O–H groups in total. The normalized spacial score (nSPS) is 15.9. The average Bonchev–Trinajstić information content (AvgIpc) is 2.21. The van der Waals surface area contributed by atoms with E-state index in [1.807, 2.05) is 0 Å². The minimum absolute atomic E-state index is 0.00520. The first kappa shape index (κ1) is 13.1. The maximum absolute atomic E-state index is 13.4. The highest BCUT2D eigenvalue weighted by Crippen LogP contribution is 2.20. The lowest BCUT2D eigenvalue weighted by Gasteiger charge is -2.38. The molecule has 0 unspecified atom stereocenters. The Labute approximate surface area is 105 Å². The number of alkyl halides is 2. The summed E-state index contributed by atoms with van der Waals surface area (Å²) < 4.78 is 41.3. The molecule has 2 heterocycles. The van der Waals surface area contributed by atoms with E-state index in [0.29, 0.717) is 0 Å². The van der Waals surface area contributed by atoms with E-state index in [-0.39, 0.29) is 23.8 Å². The lowest BCUT2D eigenvalue weighted by molar-refractivity contribution is -0.189. The molecule has 1 fully saturated rings. The predicted molar refractivity (Wildman–Crippen MR) is 56.0 cm³/mol. The molecule has 0 bridgehead atoms. The summed E-state index contributed by atoms with van der Waals surface area (Å²) in [5.74, 6) is -1.41. The van der Waals surface area contributed by atoms with E-state index in [1.165, 1.54) is 4.90 Å². The fraction of sp³-hybridized carbons (Fsp3) is 0.400. The quantitative estimate of drug-likeness (QED) is 0.795. The first-order valence-electron chi connectivity index (χ1n) is 5.01. The number of hydrogen-bond acceptors (Lipinski definition) is 3. The second-order valence-corrected chi connectivity index (χ2v) is 4.10. The van der Waals surface area contributed by atoms with Crippen LogP contribution in [0.2, 0.25) is 5.15 Å². The molecule has 0 spiro atoms. The summed E-state index contributed by atoms with van der Waals surface area (Å²) in [5, 5.41) is -0.0634. The molecule has 1 aliphatic rings. The van der Waals surface area contributed by atoms with Gasteiger partial charge in [0, 0.05) is 25.4 Å². The molecule has 4 nitrogen and oxygen atoms in total. The first-order valence-corrected chi connectivity index (χ1v) is 5.39. The molecule has 2 rings (SSSR count). The molecule has 0 saturated carbocycles. The largest absolute Gasteiger partial charge is 0.345 e. The number of halogens is 4. The summed E-state index contributed by atoms with van der Waals surface area (Å²) in [6.07, 6.45) is 0.304. The zero-order valence-electron chi connectivity index (χ0n) is 8.95. The zero-order chi connectivity index (χ0) is 13.3. The zero-order valence-corrected chi connectivity index (χ0v) is 9.70. The van der Waals surface area contributed by atoms with Gasteiger partial charge in [0.25, 0.3) is 5.91 Å². The summed E-state index contributed by atoms with van der Waals surface area (Å²) >= 11 is 5.45. The van der Waals surface area contributed by atoms with Crippen molar-refractivity contribution in [1.29, 1.82) is 0 Å². The molecule has 18 heavy (non-hydrogen) atoms. The number of ether oxygens (including phenoxy) is 1. The van der Waals surface area contributed by atoms with E-state index in [0.717, 1.165) is 12.3 Å². The highest BCUT2D eigenvalue weighted by atomic mass is 35.5. The second-order valence-electron chi connectivity index (χ2n) is 3.72. The molecule has 0 atom stereocenters. The maximum atomic E-state index is 13.4. The summed E-state index contributed by atoms with van der Waals surface area (Å²) in [5.41, 5.74) is -0.241. The number of carbonyl (C=O) groups is 1. The van der Waals surface area contributed by atoms with Crippen LogP contribution in [0.1, 0.15) is 10.4 Å². The van der Waals surface area contributed by atoms with Gasteiger partial charge in [-0.25, -0.2) is 9.37 Å². The fourth-order valence-electron chi connectivity index (χ4n) is 1.57. The SMILES string of the molecule is O=C(c1cnc(Cl)cc1F)N1CC(OC(F)F)C1. The van der Waals surface area contributed by atoms with E-state index < -0.39 is 24.4 Å². The minimum atomic E-state index is -2.87. The molecule has 8 heteroatoms. The van der Waals surface area contributed by atoms with Crippen LogP contribution >= 0.6 is 11.6 Å². The Hall–Kier alpha value is -1.34. The van der Waals surface area contributed by atoms with Gasteiger partial charge in [-0.05, 0) is 0 Å². The molecular formula is C10H8ClF3N2O2. The van der Waals surface area contributed by atoms with E-state index in [2.05, 4.69) is 9.72 Å². The third-order valence-corrected chi connectivity index (χ3v) is 2.69. The van der Waals surface area contributed by atoms with E-state index in [9.17, 15) is 18.0 Å². The Morgan fingerprint density at radius 1 is 1.56 bits per heavy atom. The van der Waals surface area contributed by atoms with Crippen molar-refractivity contribution in [2.24, 2.45) is 0 Å². The minimum Gasteiger partial charge on any atom is -0.333 e. The van der Waals surface area contributed by atoms with Crippen LogP contribution in [0, 0.1) is 5.82 Å². The van der Waals surface area contributed by atoms with Gasteiger partial charge in [0.15, 0.2) is 0 Å². The predicted octanol–water partition coefficient (Wildman–Crippen LogP) is 1.94. The monoisotopic (exact) mass is 280 g/mol. The van der Waals surface area contributed by atoms with Crippen molar-refractivity contribution >= 4 is 17.5 Å². The number of rotatable bonds is 3. The van der Waals surface area contributed by atoms with Gasteiger partial charge in [0.05, 0.1) is 11.7 Å². The molecule has 0 radical (unpaired) electrons. The Bertz CT molecular complexity index is 466. The van der Waals surface area contributed by atoms with Gasteiger partial charge in [0.1, 0.15) is 11.0 Å². The van der Waals surface area contributed by atoms with Crippen molar-refractivity contribution in [3.05, 3.63) is 28.8 Å². The molecule has 0 aliphatic carbocycles. The number of pyridine rings is 1. The van der Waals surface area contributed by atoms with Crippen LogP contribution in [0.5, 0.6) is 0 Å². The number of carbonyl (C=O) groups excluding carboxylic acids is 1. The van der Waals surface area contributed by atoms with E-state index in [1.54, 1.807) is 0 Å². The van der Waals surface area contributed by atoms with E-state index >= 15 is 0 Å². The molecule has 1 aromatic heterocycles. The van der Waals surface area contributed by atoms with Crippen LogP contribution in [0.4, 0.5) is 13.2 Å². The van der Waals surface area contributed by atoms with Gasteiger partial charge in [-0.2, -0.15) is 8.78 Å². The average molecular weight is 281 g/mol. The van der Waals surface area contributed by atoms with Gasteiger partial charge in [-0.1, -0.05) is 11.6 Å². The van der Waals surface area contributed by atoms with Crippen LogP contribution in [-0.2, 0) is 4.74 Å². The number of nitrogens with zero attached hydrogens (tertiary/aromatic N) is 2. The second kappa shape index (κ2) is 5.11. The Kier molecular flexibility index (Phi) is 3.72. The van der Waals surface area contributed by atoms with Crippen molar-refractivity contribution in [2.45, 2.75) is 12.7 Å². The van der Waals surface area contributed by atoms with Gasteiger partial charge in [-0.3, -0.25) is 4.79 Å². The van der Waals surface area contributed by atoms with Crippen LogP contribution in [0.15, 0.2) is 12.3 Å². The summed E-state index contributed by atoms with van der Waals surface area (Å²) in [6.45, 7) is -2.86. The summed E-state index contributed by atoms with van der Waals surface area (Å²) in [6, 6.07) is 0.918. The van der Waals surface area contributed by atoms with Crippen molar-refractivity contribution in [1.82, 2.24) is 9.88 Å². The fourth-order valence-corrected chi connectivity index (χ4v) is 1.72. The van der Waals surface area contributed by atoms with Gasteiger partial charge in [0.2, 0.25) is 0 Å². The lowest BCUT2D eigenvalue weighted by Crippen LogP contribution is -2.55. The van der Waals surface area contributed by atoms with Crippen molar-refractivity contribution in [3.63, 3.8) is 0 Å². The number of likely N-dealkylation sites (tertiary alicyclic amines) is 1. The molecule has 0 aromatic carbocycles. The molecule has 1 saturated heterocycles. The number of aromatic nitrogens is 1. The standard InChI is InChI=1S/C10H8ClF3N2O2/c11-8-1-7(12)6(2-15-8)9(17)16-3-5(4-16)18-10(13)14/h1-2,5,10H,3-4H2. The lowest BCUT2D eigenvalue weighted by atomic mass is 10.1. The summed E-state index contributed by atoms with van der Waals surface area (Å²) in [7, 11) is 0. The molecule has 1 aromatic rings. The smallest absolute Gasteiger partial charge is 0.333 e. The van der Waals surface area contributed by atoms with Crippen molar-refractivity contribution < 1.29 is 22.7 Å². The maximum Gasteiger partial charge on any atom is 0.345 e. The van der Waals surface area contributed by atoms with Crippen LogP contribution in [0.3, 0.4) is 0 Å². The molecule has 1 amide bonds. The van der Waals surface area contributed by atoms with Gasteiger partial charge >= 0.3 is 6.61 Å². The van der Waals surface area contributed by atoms with Crippen LogP contribution in [-0.4, -0.2) is 41.6 Å². The molecule has 1 aliphatic heterocycles. The third-order valence-electron chi connectivity index (χ3n) is 2.48. The molecular weight excluding hydrogens is 273 g/mol. The number of hydrogen-bond donors (Lipinski definition) is 0. The van der Waals surface area contributed by atoms with E-state index in [4.69, 9.17) is 11.6 Å². The highest BCUT2D eigenvalue weighted by Gasteiger charge is 2.34. The Morgan fingerprint density at radius 2 is 2.22 bits per heavy atom. The third kappa shape index (κ3) is 2.73. The van der Waals surface area contributed by atoms with Crippen molar-refractivity contribution in [3.8, 4) is 0 Å². The molecule has 98 valence electrons.